The van der Waals surface area contributed by atoms with Gasteiger partial charge >= 0.3 is 5.97 Å². The van der Waals surface area contributed by atoms with E-state index in [0.29, 0.717) is 17.4 Å². The average Bonchev–Trinajstić information content (AvgIpc) is 2.77. The first kappa shape index (κ1) is 22.8. The van der Waals surface area contributed by atoms with E-state index < -0.39 is 12.6 Å². The summed E-state index contributed by atoms with van der Waals surface area (Å²) in [6, 6.07) is 23.6. The number of halogens is 1. The Bertz CT molecular complexity index is 1050. The topological polar surface area (TPSA) is 55.8 Å². The van der Waals surface area contributed by atoms with Crippen LogP contribution in [0.3, 0.4) is 0 Å². The van der Waals surface area contributed by atoms with Crippen LogP contribution < -0.4 is 9.47 Å². The lowest BCUT2D eigenvalue weighted by Crippen LogP contribution is -2.09. The number of carboxylic acids is 1. The summed E-state index contributed by atoms with van der Waals surface area (Å²) in [5.74, 6) is 0.893. The van der Waals surface area contributed by atoms with Crippen molar-refractivity contribution in [2.45, 2.75) is 11.8 Å². The van der Waals surface area contributed by atoms with E-state index in [0.717, 1.165) is 33.1 Å². The fourth-order valence-corrected chi connectivity index (χ4v) is 4.13. The lowest BCUT2D eigenvalue weighted by atomic mass is 9.97. The van der Waals surface area contributed by atoms with E-state index in [1.54, 1.807) is 23.9 Å². The van der Waals surface area contributed by atoms with Gasteiger partial charge in [-0.3, -0.25) is 0 Å². The van der Waals surface area contributed by atoms with E-state index in [1.807, 2.05) is 49.4 Å². The Morgan fingerprint density at radius 3 is 2.45 bits per heavy atom. The number of carboxylic acid groups (broad SMARTS) is 1. The van der Waals surface area contributed by atoms with E-state index >= 15 is 0 Å². The molecule has 4 nitrogen and oxygen atoms in total. The van der Waals surface area contributed by atoms with Crippen LogP contribution in [0.4, 0.5) is 0 Å². The SMILES string of the molecule is CCOc1ccccc1/C(=C\CSc1ccc(OCC(=O)O)c(Cl)c1)c1ccccc1. The number of benzene rings is 3. The second-order valence-corrected chi connectivity index (χ2v) is 8.00. The van der Waals surface area contributed by atoms with Gasteiger partial charge in [-0.15, -0.1) is 11.8 Å². The molecule has 0 aliphatic carbocycles. The fraction of sp³-hybridized carbons (Fsp3) is 0.160. The van der Waals surface area contributed by atoms with E-state index in [-0.39, 0.29) is 0 Å². The predicted molar refractivity (Wildman–Crippen MR) is 126 cm³/mol. The Morgan fingerprint density at radius 1 is 1.00 bits per heavy atom. The van der Waals surface area contributed by atoms with Crippen LogP contribution >= 0.6 is 23.4 Å². The highest BCUT2D eigenvalue weighted by atomic mass is 35.5. The lowest BCUT2D eigenvalue weighted by molar-refractivity contribution is -0.139. The van der Waals surface area contributed by atoms with Crippen molar-refractivity contribution >= 4 is 34.9 Å². The largest absolute Gasteiger partial charge is 0.493 e. The first-order valence-electron chi connectivity index (χ1n) is 9.83. The van der Waals surface area contributed by atoms with E-state index in [2.05, 4.69) is 24.3 Å². The highest BCUT2D eigenvalue weighted by molar-refractivity contribution is 7.99. The van der Waals surface area contributed by atoms with Crippen LogP contribution in [0.25, 0.3) is 5.57 Å². The molecule has 3 rings (SSSR count). The normalized spacial score (nSPS) is 11.2. The maximum Gasteiger partial charge on any atom is 0.341 e. The number of carbonyl (C=O) groups is 1. The molecule has 0 atom stereocenters. The predicted octanol–water partition coefficient (Wildman–Crippen LogP) is 6.43. The van der Waals surface area contributed by atoms with E-state index in [1.165, 1.54) is 0 Å². The molecule has 6 heteroatoms. The zero-order valence-corrected chi connectivity index (χ0v) is 18.7. The summed E-state index contributed by atoms with van der Waals surface area (Å²) in [6.07, 6.45) is 2.18. The molecule has 0 saturated carbocycles. The smallest absolute Gasteiger partial charge is 0.341 e. The number of rotatable bonds is 10. The molecule has 0 amide bonds. The number of thioether (sulfide) groups is 1. The van der Waals surface area contributed by atoms with Crippen molar-refractivity contribution in [1.29, 1.82) is 0 Å². The van der Waals surface area contributed by atoms with Gasteiger partial charge in [-0.25, -0.2) is 4.79 Å². The molecule has 0 saturated heterocycles. The summed E-state index contributed by atoms with van der Waals surface area (Å²) in [7, 11) is 0. The first-order chi connectivity index (χ1) is 15.1. The second kappa shape index (κ2) is 11.5. The van der Waals surface area contributed by atoms with Gasteiger partial charge in [-0.05, 0) is 42.3 Å². The van der Waals surface area contributed by atoms with Crippen LogP contribution in [0.15, 0.2) is 83.8 Å². The molecule has 0 fully saturated rings. The average molecular weight is 455 g/mol. The zero-order chi connectivity index (χ0) is 22.1. The van der Waals surface area contributed by atoms with Crippen LogP contribution in [-0.2, 0) is 4.79 Å². The Balaban J connectivity index is 1.81. The molecule has 1 N–H and O–H groups in total. The summed E-state index contributed by atoms with van der Waals surface area (Å²) in [5.41, 5.74) is 3.27. The highest BCUT2D eigenvalue weighted by Crippen LogP contribution is 2.33. The third kappa shape index (κ3) is 6.54. The molecule has 3 aromatic carbocycles. The van der Waals surface area contributed by atoms with Crippen molar-refractivity contribution in [3.63, 3.8) is 0 Å². The third-order valence-electron chi connectivity index (χ3n) is 4.35. The van der Waals surface area contributed by atoms with E-state index in [4.69, 9.17) is 26.2 Å². The number of para-hydroxylation sites is 1. The fourth-order valence-electron chi connectivity index (χ4n) is 3.02. The molecule has 160 valence electrons. The van der Waals surface area contributed by atoms with Gasteiger partial charge in [0.15, 0.2) is 6.61 Å². The molecular formula is C25H23ClO4S. The lowest BCUT2D eigenvalue weighted by Gasteiger charge is -2.14. The van der Waals surface area contributed by atoms with Gasteiger partial charge in [0, 0.05) is 16.2 Å². The number of aliphatic carboxylic acids is 1. The quantitative estimate of drug-likeness (QED) is 0.358. The van der Waals surface area contributed by atoms with Gasteiger partial charge in [0.2, 0.25) is 0 Å². The summed E-state index contributed by atoms with van der Waals surface area (Å²) in [6.45, 7) is 2.16. The molecule has 0 heterocycles. The minimum absolute atomic E-state index is 0.361. The zero-order valence-electron chi connectivity index (χ0n) is 17.1. The summed E-state index contributed by atoms with van der Waals surface area (Å²) in [4.78, 5) is 11.6. The van der Waals surface area contributed by atoms with Crippen molar-refractivity contribution in [3.05, 3.63) is 95.0 Å². The van der Waals surface area contributed by atoms with Crippen molar-refractivity contribution in [2.24, 2.45) is 0 Å². The molecule has 31 heavy (non-hydrogen) atoms. The van der Waals surface area contributed by atoms with Crippen molar-refractivity contribution in [2.75, 3.05) is 19.0 Å². The Labute approximate surface area is 191 Å². The van der Waals surface area contributed by atoms with E-state index in [9.17, 15) is 4.79 Å². The third-order valence-corrected chi connectivity index (χ3v) is 5.57. The number of hydrogen-bond donors (Lipinski definition) is 1. The van der Waals surface area contributed by atoms with Crippen LogP contribution in [0.1, 0.15) is 18.1 Å². The molecule has 0 aromatic heterocycles. The van der Waals surface area contributed by atoms with Crippen LogP contribution in [0, 0.1) is 0 Å². The van der Waals surface area contributed by atoms with Gasteiger partial charge in [0.1, 0.15) is 11.5 Å². The Morgan fingerprint density at radius 2 is 1.74 bits per heavy atom. The van der Waals surface area contributed by atoms with Crippen molar-refractivity contribution < 1.29 is 19.4 Å². The van der Waals surface area contributed by atoms with Gasteiger partial charge in [0.05, 0.1) is 11.6 Å². The standard InChI is InChI=1S/C25H23ClO4S/c1-2-29-23-11-7-6-10-21(23)20(18-8-4-3-5-9-18)14-15-31-19-12-13-24(22(26)16-19)30-17-25(27)28/h3-14,16H,2,15,17H2,1H3,(H,27,28)/b20-14-. The first-order valence-corrected chi connectivity index (χ1v) is 11.2. The Kier molecular flexibility index (Phi) is 8.44. The molecule has 0 radical (unpaired) electrons. The van der Waals surface area contributed by atoms with Gasteiger partial charge in [-0.2, -0.15) is 0 Å². The highest BCUT2D eigenvalue weighted by Gasteiger charge is 2.11. The number of ether oxygens (including phenoxy) is 2. The van der Waals surface area contributed by atoms with Crippen LogP contribution in [-0.4, -0.2) is 30.0 Å². The van der Waals surface area contributed by atoms with Crippen LogP contribution in [0.5, 0.6) is 11.5 Å². The molecule has 3 aromatic rings. The van der Waals surface area contributed by atoms with Gasteiger partial charge < -0.3 is 14.6 Å². The van der Waals surface area contributed by atoms with Crippen molar-refractivity contribution in [1.82, 2.24) is 0 Å². The Hall–Kier alpha value is -2.89. The summed E-state index contributed by atoms with van der Waals surface area (Å²) in [5, 5.41) is 9.13. The monoisotopic (exact) mass is 454 g/mol. The summed E-state index contributed by atoms with van der Waals surface area (Å²) >= 11 is 7.87. The molecular weight excluding hydrogens is 432 g/mol. The maximum absolute atomic E-state index is 10.7. The molecule has 0 aliphatic heterocycles. The molecule has 0 aliphatic rings. The van der Waals surface area contributed by atoms with Crippen molar-refractivity contribution in [3.8, 4) is 11.5 Å². The van der Waals surface area contributed by atoms with Gasteiger partial charge in [-0.1, -0.05) is 66.2 Å². The molecule has 0 bridgehead atoms. The molecule has 0 unspecified atom stereocenters. The minimum atomic E-state index is -1.04. The van der Waals surface area contributed by atoms with Gasteiger partial charge in [0.25, 0.3) is 0 Å². The maximum atomic E-state index is 10.7. The van der Waals surface area contributed by atoms with Crippen LogP contribution in [0.2, 0.25) is 5.02 Å². The number of hydrogen-bond acceptors (Lipinski definition) is 4. The molecule has 0 spiro atoms. The minimum Gasteiger partial charge on any atom is -0.493 e. The summed E-state index contributed by atoms with van der Waals surface area (Å²) < 4.78 is 11.0. The second-order valence-electron chi connectivity index (χ2n) is 6.50.